The maximum atomic E-state index is 12.5. The maximum Gasteiger partial charge on any atom is 0.232 e. The van der Waals surface area contributed by atoms with Crippen LogP contribution >= 0.6 is 11.8 Å². The second kappa shape index (κ2) is 13.5. The van der Waals surface area contributed by atoms with Crippen LogP contribution in [-0.4, -0.2) is 29.6 Å². The fraction of sp³-hybridized carbons (Fsp3) is 0.650. The zero-order chi connectivity index (χ0) is 16.8. The zero-order valence-electron chi connectivity index (χ0n) is 14.9. The molecule has 0 bridgehead atoms. The molecule has 2 nitrogen and oxygen atoms in total. The number of hydrogen-bond acceptors (Lipinski definition) is 2. The predicted octanol–water partition coefficient (Wildman–Crippen LogP) is 5.77. The Hall–Kier alpha value is -0.960. The number of nitrogens with zero attached hydrogens (tertiary/aromatic N) is 1. The van der Waals surface area contributed by atoms with Crippen LogP contribution in [0.2, 0.25) is 0 Å². The first-order chi connectivity index (χ1) is 11.3. The largest absolute Gasteiger partial charge is 0.342 e. The molecule has 0 heterocycles. The van der Waals surface area contributed by atoms with Gasteiger partial charge in [-0.1, -0.05) is 70.6 Å². The Morgan fingerprint density at radius 3 is 1.96 bits per heavy atom. The first kappa shape index (κ1) is 20.1. The van der Waals surface area contributed by atoms with Crippen molar-refractivity contribution < 1.29 is 4.79 Å². The highest BCUT2D eigenvalue weighted by molar-refractivity contribution is 8.00. The third kappa shape index (κ3) is 9.70. The molecule has 0 saturated carbocycles. The van der Waals surface area contributed by atoms with Gasteiger partial charge in [0, 0.05) is 18.0 Å². The van der Waals surface area contributed by atoms with Gasteiger partial charge in [-0.3, -0.25) is 4.79 Å². The van der Waals surface area contributed by atoms with E-state index in [0.29, 0.717) is 11.7 Å². The number of amides is 1. The van der Waals surface area contributed by atoms with Crippen molar-refractivity contribution in [1.82, 2.24) is 4.90 Å². The number of carbonyl (C=O) groups is 1. The van der Waals surface area contributed by atoms with Gasteiger partial charge in [0.2, 0.25) is 5.91 Å². The fourth-order valence-electron chi connectivity index (χ4n) is 2.57. The minimum atomic E-state index is 0.298. The molecule has 1 amide bonds. The molecule has 1 aromatic carbocycles. The summed E-state index contributed by atoms with van der Waals surface area (Å²) in [5, 5.41) is 0. The lowest BCUT2D eigenvalue weighted by Crippen LogP contribution is -2.34. The Kier molecular flexibility index (Phi) is 11.8. The molecule has 1 aromatic rings. The van der Waals surface area contributed by atoms with E-state index in [-0.39, 0.29) is 0 Å². The average Bonchev–Trinajstić information content (AvgIpc) is 2.59. The molecule has 0 atom stereocenters. The highest BCUT2D eigenvalue weighted by atomic mass is 32.2. The van der Waals surface area contributed by atoms with Crippen molar-refractivity contribution in [3.05, 3.63) is 30.3 Å². The smallest absolute Gasteiger partial charge is 0.232 e. The van der Waals surface area contributed by atoms with Gasteiger partial charge in [-0.15, -0.1) is 11.8 Å². The number of unbranched alkanes of at least 4 members (excludes halogenated alkanes) is 6. The summed E-state index contributed by atoms with van der Waals surface area (Å²) < 4.78 is 0. The Bertz CT molecular complexity index is 395. The summed E-state index contributed by atoms with van der Waals surface area (Å²) in [6, 6.07) is 10.2. The van der Waals surface area contributed by atoms with E-state index in [1.54, 1.807) is 11.8 Å². The number of carbonyl (C=O) groups excluding carboxylic acids is 1. The zero-order valence-corrected chi connectivity index (χ0v) is 15.7. The van der Waals surface area contributed by atoms with Gasteiger partial charge < -0.3 is 4.90 Å². The standard InChI is InChI=1S/C20H33NOS/c1-3-5-7-12-16-21(17-13-8-6-4-2)20(22)18-23-19-14-10-9-11-15-19/h9-11,14-15H,3-8,12-13,16-18H2,1-2H3. The van der Waals surface area contributed by atoms with Crippen LogP contribution in [0.4, 0.5) is 0 Å². The average molecular weight is 336 g/mol. The topological polar surface area (TPSA) is 20.3 Å². The molecule has 0 fully saturated rings. The highest BCUT2D eigenvalue weighted by Gasteiger charge is 2.13. The molecule has 0 aliphatic heterocycles. The molecule has 1 rings (SSSR count). The predicted molar refractivity (Wildman–Crippen MR) is 102 cm³/mol. The Labute approximate surface area is 147 Å². The second-order valence-electron chi connectivity index (χ2n) is 6.10. The van der Waals surface area contributed by atoms with Gasteiger partial charge in [-0.05, 0) is 25.0 Å². The molecule has 0 aromatic heterocycles. The van der Waals surface area contributed by atoms with Crippen molar-refractivity contribution in [3.8, 4) is 0 Å². The number of rotatable bonds is 13. The number of thioether (sulfide) groups is 1. The van der Waals surface area contributed by atoms with Gasteiger partial charge in [-0.2, -0.15) is 0 Å². The monoisotopic (exact) mass is 335 g/mol. The summed E-state index contributed by atoms with van der Waals surface area (Å²) in [6.45, 7) is 6.31. The molecule has 0 spiro atoms. The van der Waals surface area contributed by atoms with Crippen LogP contribution in [0.15, 0.2) is 35.2 Å². The first-order valence-corrected chi connectivity index (χ1v) is 10.2. The number of benzene rings is 1. The summed E-state index contributed by atoms with van der Waals surface area (Å²) in [4.78, 5) is 15.8. The van der Waals surface area contributed by atoms with Crippen molar-refractivity contribution in [2.24, 2.45) is 0 Å². The number of hydrogen-bond donors (Lipinski definition) is 0. The van der Waals surface area contributed by atoms with Crippen molar-refractivity contribution >= 4 is 17.7 Å². The second-order valence-corrected chi connectivity index (χ2v) is 7.15. The van der Waals surface area contributed by atoms with Crippen molar-refractivity contribution in [2.45, 2.75) is 70.1 Å². The van der Waals surface area contributed by atoms with Gasteiger partial charge in [-0.25, -0.2) is 0 Å². The summed E-state index contributed by atoms with van der Waals surface area (Å²) in [7, 11) is 0. The lowest BCUT2D eigenvalue weighted by atomic mass is 10.1. The van der Waals surface area contributed by atoms with E-state index < -0.39 is 0 Å². The lowest BCUT2D eigenvalue weighted by molar-refractivity contribution is -0.128. The van der Waals surface area contributed by atoms with Crippen molar-refractivity contribution in [2.75, 3.05) is 18.8 Å². The SMILES string of the molecule is CCCCCCN(CCCCCC)C(=O)CSc1ccccc1. The summed E-state index contributed by atoms with van der Waals surface area (Å²) >= 11 is 1.65. The van der Waals surface area contributed by atoms with E-state index in [9.17, 15) is 4.79 Å². The lowest BCUT2D eigenvalue weighted by Gasteiger charge is -2.23. The molecular weight excluding hydrogens is 302 g/mol. The molecule has 3 heteroatoms. The van der Waals surface area contributed by atoms with E-state index in [1.165, 1.54) is 43.4 Å². The van der Waals surface area contributed by atoms with Gasteiger partial charge in [0.25, 0.3) is 0 Å². The minimum absolute atomic E-state index is 0.298. The van der Waals surface area contributed by atoms with E-state index >= 15 is 0 Å². The normalized spacial score (nSPS) is 10.7. The highest BCUT2D eigenvalue weighted by Crippen LogP contribution is 2.18. The van der Waals surface area contributed by atoms with Crippen molar-refractivity contribution in [1.29, 1.82) is 0 Å². The Balaban J connectivity index is 2.39. The molecule has 0 aliphatic carbocycles. The molecular formula is C20H33NOS. The Morgan fingerprint density at radius 1 is 0.870 bits per heavy atom. The molecule has 23 heavy (non-hydrogen) atoms. The summed E-state index contributed by atoms with van der Waals surface area (Å²) in [5.41, 5.74) is 0. The van der Waals surface area contributed by atoms with E-state index in [2.05, 4.69) is 30.9 Å². The molecule has 130 valence electrons. The van der Waals surface area contributed by atoms with Crippen LogP contribution in [-0.2, 0) is 4.79 Å². The van der Waals surface area contributed by atoms with Crippen LogP contribution in [0.25, 0.3) is 0 Å². The fourth-order valence-corrected chi connectivity index (χ4v) is 3.40. The van der Waals surface area contributed by atoms with Gasteiger partial charge in [0.05, 0.1) is 5.75 Å². The van der Waals surface area contributed by atoms with E-state index in [0.717, 1.165) is 25.9 Å². The summed E-state index contributed by atoms with van der Waals surface area (Å²) in [5.74, 6) is 0.859. The van der Waals surface area contributed by atoms with Gasteiger partial charge >= 0.3 is 0 Å². The third-order valence-corrected chi connectivity index (χ3v) is 5.02. The van der Waals surface area contributed by atoms with Crippen LogP contribution in [0, 0.1) is 0 Å². The molecule has 0 saturated heterocycles. The summed E-state index contributed by atoms with van der Waals surface area (Å²) in [6.07, 6.45) is 9.80. The first-order valence-electron chi connectivity index (χ1n) is 9.23. The molecule has 0 radical (unpaired) electrons. The van der Waals surface area contributed by atoms with Crippen molar-refractivity contribution in [3.63, 3.8) is 0 Å². The van der Waals surface area contributed by atoms with Gasteiger partial charge in [0.15, 0.2) is 0 Å². The van der Waals surface area contributed by atoms with E-state index in [4.69, 9.17) is 0 Å². The van der Waals surface area contributed by atoms with E-state index in [1.807, 2.05) is 18.2 Å². The quantitative estimate of drug-likeness (QED) is 0.337. The third-order valence-electron chi connectivity index (χ3n) is 4.02. The maximum absolute atomic E-state index is 12.5. The van der Waals surface area contributed by atoms with Crippen LogP contribution in [0.1, 0.15) is 65.2 Å². The van der Waals surface area contributed by atoms with Gasteiger partial charge in [0.1, 0.15) is 0 Å². The molecule has 0 N–H and O–H groups in total. The minimum Gasteiger partial charge on any atom is -0.342 e. The van der Waals surface area contributed by atoms with Crippen LogP contribution < -0.4 is 0 Å². The molecule has 0 aliphatic rings. The molecule has 0 unspecified atom stereocenters. The Morgan fingerprint density at radius 2 is 1.43 bits per heavy atom. The van der Waals surface area contributed by atoms with Crippen LogP contribution in [0.5, 0.6) is 0 Å². The van der Waals surface area contributed by atoms with Crippen LogP contribution in [0.3, 0.4) is 0 Å².